The standard InChI is InChI=1S/C20H22F3N3O3/c1-4-26(11-17(27)24-13-5-7-14(29-3)8-6-13)12(2)20(28)25-16-10-9-15(21)18(22)19(16)23/h5-10,12H,4,11H2,1-3H3,(H,24,27)(H,25,28)/p+1/t12-/m0/s1. The normalized spacial score (nSPS) is 12.8. The van der Waals surface area contributed by atoms with Crippen LogP contribution in [0.5, 0.6) is 5.75 Å². The van der Waals surface area contributed by atoms with Gasteiger partial charge < -0.3 is 20.3 Å². The molecule has 29 heavy (non-hydrogen) atoms. The molecular formula is C20H23F3N3O3+. The molecule has 0 radical (unpaired) electrons. The number of ether oxygens (including phenoxy) is 1. The molecule has 2 aromatic carbocycles. The van der Waals surface area contributed by atoms with Crippen molar-refractivity contribution in [2.75, 3.05) is 30.8 Å². The van der Waals surface area contributed by atoms with Gasteiger partial charge in [0.05, 0.1) is 19.3 Å². The number of likely N-dealkylation sites (N-methyl/N-ethyl adjacent to an activating group) is 1. The van der Waals surface area contributed by atoms with Crippen LogP contribution in [0.25, 0.3) is 0 Å². The lowest BCUT2D eigenvalue weighted by molar-refractivity contribution is -0.904. The van der Waals surface area contributed by atoms with Crippen molar-refractivity contribution >= 4 is 23.2 Å². The van der Waals surface area contributed by atoms with E-state index in [1.807, 2.05) is 0 Å². The lowest BCUT2D eigenvalue weighted by Crippen LogP contribution is -3.17. The van der Waals surface area contributed by atoms with Gasteiger partial charge in [-0.05, 0) is 50.2 Å². The molecule has 9 heteroatoms. The number of halogens is 3. The zero-order valence-electron chi connectivity index (χ0n) is 16.3. The molecule has 0 aromatic heterocycles. The summed E-state index contributed by atoms with van der Waals surface area (Å²) in [7, 11) is 1.54. The van der Waals surface area contributed by atoms with Crippen LogP contribution in [-0.2, 0) is 9.59 Å². The molecule has 2 atom stereocenters. The average Bonchev–Trinajstić information content (AvgIpc) is 2.72. The Hall–Kier alpha value is -3.07. The molecule has 0 heterocycles. The molecule has 0 bridgehead atoms. The van der Waals surface area contributed by atoms with Crippen molar-refractivity contribution in [2.24, 2.45) is 0 Å². The Morgan fingerprint density at radius 2 is 1.69 bits per heavy atom. The van der Waals surface area contributed by atoms with Gasteiger partial charge in [0, 0.05) is 5.69 Å². The first kappa shape index (κ1) is 22.2. The number of methoxy groups -OCH3 is 1. The van der Waals surface area contributed by atoms with E-state index < -0.39 is 35.1 Å². The van der Waals surface area contributed by atoms with Crippen LogP contribution in [0.15, 0.2) is 36.4 Å². The van der Waals surface area contributed by atoms with Gasteiger partial charge in [0.1, 0.15) is 5.75 Å². The van der Waals surface area contributed by atoms with Crippen molar-refractivity contribution in [2.45, 2.75) is 19.9 Å². The van der Waals surface area contributed by atoms with Crippen LogP contribution in [-0.4, -0.2) is 38.1 Å². The number of quaternary nitrogens is 1. The van der Waals surface area contributed by atoms with Crippen molar-refractivity contribution in [3.63, 3.8) is 0 Å². The minimum atomic E-state index is -1.66. The van der Waals surface area contributed by atoms with Crippen molar-refractivity contribution in [1.82, 2.24) is 0 Å². The highest BCUT2D eigenvalue weighted by Crippen LogP contribution is 2.19. The summed E-state index contributed by atoms with van der Waals surface area (Å²) in [4.78, 5) is 25.3. The van der Waals surface area contributed by atoms with Crippen LogP contribution >= 0.6 is 0 Å². The largest absolute Gasteiger partial charge is 0.497 e. The number of hydrogen-bond acceptors (Lipinski definition) is 3. The van der Waals surface area contributed by atoms with Crippen LogP contribution in [0.1, 0.15) is 13.8 Å². The molecule has 0 spiro atoms. The maximum absolute atomic E-state index is 13.8. The number of benzene rings is 2. The first-order valence-corrected chi connectivity index (χ1v) is 8.99. The average molecular weight is 410 g/mol. The molecule has 2 amide bonds. The van der Waals surface area contributed by atoms with Crippen LogP contribution in [0.3, 0.4) is 0 Å². The lowest BCUT2D eigenvalue weighted by Gasteiger charge is -2.23. The van der Waals surface area contributed by atoms with E-state index in [4.69, 9.17) is 4.74 Å². The van der Waals surface area contributed by atoms with Crippen molar-refractivity contribution in [1.29, 1.82) is 0 Å². The molecule has 1 unspecified atom stereocenters. The summed E-state index contributed by atoms with van der Waals surface area (Å²) < 4.78 is 45.2. The summed E-state index contributed by atoms with van der Waals surface area (Å²) in [5.74, 6) is -4.76. The van der Waals surface area contributed by atoms with Gasteiger partial charge in [-0.25, -0.2) is 13.2 Å². The SMILES string of the molecule is CC[NH+](CC(=O)Nc1ccc(OC)cc1)[C@@H](C)C(=O)Nc1ccc(F)c(F)c1F. The van der Waals surface area contributed by atoms with E-state index in [1.54, 1.807) is 38.1 Å². The van der Waals surface area contributed by atoms with Gasteiger partial charge in [-0.1, -0.05) is 0 Å². The van der Waals surface area contributed by atoms with E-state index in [1.165, 1.54) is 7.11 Å². The lowest BCUT2D eigenvalue weighted by atomic mass is 10.2. The van der Waals surface area contributed by atoms with E-state index in [0.717, 1.165) is 12.1 Å². The third-order valence-electron chi connectivity index (χ3n) is 4.51. The van der Waals surface area contributed by atoms with Gasteiger partial charge in [-0.2, -0.15) is 0 Å². The first-order valence-electron chi connectivity index (χ1n) is 8.99. The fourth-order valence-electron chi connectivity index (χ4n) is 2.72. The minimum absolute atomic E-state index is 0.0165. The number of amides is 2. The van der Waals surface area contributed by atoms with Crippen LogP contribution in [0.2, 0.25) is 0 Å². The molecule has 0 aliphatic heterocycles. The quantitative estimate of drug-likeness (QED) is 0.583. The second kappa shape index (κ2) is 9.92. The predicted molar refractivity (Wildman–Crippen MR) is 102 cm³/mol. The molecule has 156 valence electrons. The van der Waals surface area contributed by atoms with Crippen LogP contribution < -0.4 is 20.3 Å². The molecule has 2 aromatic rings. The monoisotopic (exact) mass is 410 g/mol. The van der Waals surface area contributed by atoms with Crippen LogP contribution in [0, 0.1) is 17.5 Å². The number of anilines is 2. The van der Waals surface area contributed by atoms with Gasteiger partial charge in [-0.3, -0.25) is 9.59 Å². The molecule has 6 nitrogen and oxygen atoms in total. The fourth-order valence-corrected chi connectivity index (χ4v) is 2.72. The maximum Gasteiger partial charge on any atom is 0.282 e. The second-order valence-corrected chi connectivity index (χ2v) is 6.40. The maximum atomic E-state index is 13.8. The minimum Gasteiger partial charge on any atom is -0.497 e. The Bertz CT molecular complexity index is 875. The number of rotatable bonds is 8. The third kappa shape index (κ3) is 5.71. The molecule has 2 rings (SSSR count). The van der Waals surface area contributed by atoms with E-state index in [-0.39, 0.29) is 12.5 Å². The number of hydrogen-bond donors (Lipinski definition) is 3. The highest BCUT2D eigenvalue weighted by atomic mass is 19.2. The Labute approximate surface area is 166 Å². The topological polar surface area (TPSA) is 71.9 Å². The summed E-state index contributed by atoms with van der Waals surface area (Å²) in [6, 6.07) is 7.70. The summed E-state index contributed by atoms with van der Waals surface area (Å²) in [5.41, 5.74) is 0.117. The smallest absolute Gasteiger partial charge is 0.282 e. The van der Waals surface area contributed by atoms with Gasteiger partial charge in [0.25, 0.3) is 11.8 Å². The van der Waals surface area contributed by atoms with Gasteiger partial charge in [-0.15, -0.1) is 0 Å². The zero-order chi connectivity index (χ0) is 21.6. The Morgan fingerprint density at radius 1 is 1.03 bits per heavy atom. The molecule has 0 fully saturated rings. The zero-order valence-corrected chi connectivity index (χ0v) is 16.3. The van der Waals surface area contributed by atoms with Crippen molar-refractivity contribution in [3.8, 4) is 5.75 Å². The van der Waals surface area contributed by atoms with Gasteiger partial charge in [0.15, 0.2) is 30.0 Å². The highest BCUT2D eigenvalue weighted by Gasteiger charge is 2.27. The molecule has 0 saturated carbocycles. The molecular weight excluding hydrogens is 387 g/mol. The summed E-state index contributed by atoms with van der Waals surface area (Å²) in [6.07, 6.45) is 0. The fraction of sp³-hybridized carbons (Fsp3) is 0.300. The van der Waals surface area contributed by atoms with E-state index >= 15 is 0 Å². The van der Waals surface area contributed by atoms with E-state index in [2.05, 4.69) is 10.6 Å². The number of carbonyl (C=O) groups excluding carboxylic acids is 2. The highest BCUT2D eigenvalue weighted by molar-refractivity contribution is 5.94. The Kier molecular flexibility index (Phi) is 7.60. The summed E-state index contributed by atoms with van der Waals surface area (Å²) in [5, 5.41) is 4.97. The molecule has 0 aliphatic carbocycles. The number of carbonyl (C=O) groups is 2. The van der Waals surface area contributed by atoms with Gasteiger partial charge in [0.2, 0.25) is 0 Å². The second-order valence-electron chi connectivity index (χ2n) is 6.40. The molecule has 0 saturated heterocycles. The number of nitrogens with one attached hydrogen (secondary N) is 3. The van der Waals surface area contributed by atoms with Crippen LogP contribution in [0.4, 0.5) is 24.5 Å². The summed E-state index contributed by atoms with van der Waals surface area (Å²) in [6.45, 7) is 3.77. The Balaban J connectivity index is 1.99. The third-order valence-corrected chi connectivity index (χ3v) is 4.51. The summed E-state index contributed by atoms with van der Waals surface area (Å²) >= 11 is 0. The predicted octanol–water partition coefficient (Wildman–Crippen LogP) is 1.98. The Morgan fingerprint density at radius 3 is 2.28 bits per heavy atom. The first-order chi connectivity index (χ1) is 13.8. The van der Waals surface area contributed by atoms with E-state index in [9.17, 15) is 22.8 Å². The van der Waals surface area contributed by atoms with E-state index in [0.29, 0.717) is 22.9 Å². The molecule has 0 aliphatic rings. The molecule has 3 N–H and O–H groups in total. The van der Waals surface area contributed by atoms with Gasteiger partial charge >= 0.3 is 0 Å². The van der Waals surface area contributed by atoms with Crippen molar-refractivity contribution in [3.05, 3.63) is 53.8 Å². The van der Waals surface area contributed by atoms with Crippen molar-refractivity contribution < 1.29 is 32.4 Å².